The van der Waals surface area contributed by atoms with E-state index in [1.165, 1.54) is 28.8 Å². The number of nitrogens with zero attached hydrogens (tertiary/aromatic N) is 5. The van der Waals surface area contributed by atoms with E-state index in [9.17, 15) is 0 Å². The Kier molecular flexibility index (Phi) is 3.85. The lowest BCUT2D eigenvalue weighted by Gasteiger charge is -2.05. The van der Waals surface area contributed by atoms with E-state index < -0.39 is 0 Å². The van der Waals surface area contributed by atoms with Crippen LogP contribution in [0.3, 0.4) is 0 Å². The van der Waals surface area contributed by atoms with Crippen molar-refractivity contribution >= 4 is 22.2 Å². The molecule has 0 aliphatic heterocycles. The summed E-state index contributed by atoms with van der Waals surface area (Å²) < 4.78 is 1.60. The zero-order valence-electron chi connectivity index (χ0n) is 12.2. The maximum Gasteiger partial charge on any atom is 0.252 e. The predicted molar refractivity (Wildman–Crippen MR) is 85.2 cm³/mol. The Bertz CT molecular complexity index is 842. The highest BCUT2D eigenvalue weighted by atomic mass is 32.1. The smallest absolute Gasteiger partial charge is 0.252 e. The number of nitrogens with one attached hydrogen (secondary N) is 1. The molecule has 2 heterocycles. The summed E-state index contributed by atoms with van der Waals surface area (Å²) in [5.41, 5.74) is 4.42. The number of anilines is 2. The average molecular weight is 310 g/mol. The van der Waals surface area contributed by atoms with Crippen LogP contribution in [0.15, 0.2) is 29.9 Å². The second-order valence-electron chi connectivity index (χ2n) is 4.95. The first-order valence-corrected chi connectivity index (χ1v) is 7.60. The molecule has 0 spiro atoms. The fraction of sp³-hybridized carbons (Fsp3) is 0.200. The summed E-state index contributed by atoms with van der Waals surface area (Å²) in [6.07, 6.45) is 1.54. The molecule has 0 saturated heterocycles. The summed E-state index contributed by atoms with van der Waals surface area (Å²) >= 11 is 1.54. The number of thiazole rings is 1. The first-order valence-electron chi connectivity index (χ1n) is 6.72. The van der Waals surface area contributed by atoms with Crippen molar-refractivity contribution in [2.24, 2.45) is 0 Å². The summed E-state index contributed by atoms with van der Waals surface area (Å²) in [5.74, 6) is 0.170. The molecule has 0 fully saturated rings. The molecule has 0 atom stereocenters. The van der Waals surface area contributed by atoms with Gasteiger partial charge in [0, 0.05) is 11.1 Å². The van der Waals surface area contributed by atoms with Gasteiger partial charge in [-0.15, -0.1) is 16.4 Å². The third-order valence-electron chi connectivity index (χ3n) is 3.27. The molecule has 2 aromatic heterocycles. The number of benzene rings is 1. The van der Waals surface area contributed by atoms with Crippen LogP contribution in [-0.2, 0) is 6.54 Å². The fourth-order valence-electron chi connectivity index (χ4n) is 1.97. The number of hydrogen-bond donors (Lipinski definition) is 1. The van der Waals surface area contributed by atoms with Gasteiger partial charge in [0.1, 0.15) is 12.4 Å². The maximum absolute atomic E-state index is 8.72. The van der Waals surface area contributed by atoms with Gasteiger partial charge in [-0.1, -0.05) is 6.07 Å². The standard InChI is InChI=1S/C15H14N6S/c1-10-3-4-12(5-11(10)2)18-15-19-13(8-22-15)7-21-9-17-14(6-16)20-21/h3-5,8-9H,7H2,1-2H3,(H,18,19). The molecule has 6 nitrogen and oxygen atoms in total. The Morgan fingerprint density at radius 1 is 1.32 bits per heavy atom. The van der Waals surface area contributed by atoms with E-state index >= 15 is 0 Å². The molecule has 0 unspecified atom stereocenters. The third-order valence-corrected chi connectivity index (χ3v) is 4.08. The van der Waals surface area contributed by atoms with Crippen LogP contribution in [-0.4, -0.2) is 19.7 Å². The Balaban J connectivity index is 1.70. The van der Waals surface area contributed by atoms with Gasteiger partial charge in [0.2, 0.25) is 0 Å². The SMILES string of the molecule is Cc1ccc(Nc2nc(Cn3cnc(C#N)n3)cs2)cc1C. The van der Waals surface area contributed by atoms with Gasteiger partial charge in [0.15, 0.2) is 5.13 Å². The lowest BCUT2D eigenvalue weighted by atomic mass is 10.1. The third kappa shape index (κ3) is 3.13. The van der Waals surface area contributed by atoms with Crippen molar-refractivity contribution in [1.29, 1.82) is 5.26 Å². The Morgan fingerprint density at radius 2 is 2.18 bits per heavy atom. The largest absolute Gasteiger partial charge is 0.332 e. The highest BCUT2D eigenvalue weighted by Gasteiger charge is 2.06. The Hall–Kier alpha value is -2.72. The van der Waals surface area contributed by atoms with Crippen LogP contribution in [0.5, 0.6) is 0 Å². The first-order chi connectivity index (χ1) is 10.6. The molecule has 22 heavy (non-hydrogen) atoms. The predicted octanol–water partition coefficient (Wildman–Crippen LogP) is 3.02. The lowest BCUT2D eigenvalue weighted by molar-refractivity contribution is 0.672. The minimum absolute atomic E-state index is 0.170. The molecule has 0 radical (unpaired) electrons. The molecular weight excluding hydrogens is 296 g/mol. The summed E-state index contributed by atoms with van der Waals surface area (Å²) in [6, 6.07) is 8.14. The van der Waals surface area contributed by atoms with Crippen molar-refractivity contribution in [2.75, 3.05) is 5.32 Å². The monoisotopic (exact) mass is 310 g/mol. The molecule has 0 saturated carbocycles. The van der Waals surface area contributed by atoms with Crippen molar-refractivity contribution in [3.05, 3.63) is 52.6 Å². The van der Waals surface area contributed by atoms with Crippen LogP contribution in [0.2, 0.25) is 0 Å². The van der Waals surface area contributed by atoms with Crippen LogP contribution in [0, 0.1) is 25.2 Å². The van der Waals surface area contributed by atoms with Crippen LogP contribution in [0.4, 0.5) is 10.8 Å². The van der Waals surface area contributed by atoms with Gasteiger partial charge in [-0.2, -0.15) is 5.26 Å². The number of aryl methyl sites for hydroxylation is 2. The molecule has 110 valence electrons. The average Bonchev–Trinajstić information content (AvgIpc) is 3.13. The fourth-order valence-corrected chi connectivity index (χ4v) is 2.69. The van der Waals surface area contributed by atoms with Crippen molar-refractivity contribution in [2.45, 2.75) is 20.4 Å². The van der Waals surface area contributed by atoms with E-state index in [1.54, 1.807) is 4.68 Å². The van der Waals surface area contributed by atoms with Gasteiger partial charge in [-0.3, -0.25) is 0 Å². The van der Waals surface area contributed by atoms with Crippen molar-refractivity contribution in [1.82, 2.24) is 19.7 Å². The summed E-state index contributed by atoms with van der Waals surface area (Å²) in [4.78, 5) is 8.40. The Morgan fingerprint density at radius 3 is 2.91 bits per heavy atom. The number of nitriles is 1. The lowest BCUT2D eigenvalue weighted by Crippen LogP contribution is -2.01. The van der Waals surface area contributed by atoms with Crippen molar-refractivity contribution in [3.63, 3.8) is 0 Å². The maximum atomic E-state index is 8.72. The molecule has 0 bridgehead atoms. The van der Waals surface area contributed by atoms with Gasteiger partial charge >= 0.3 is 0 Å². The first kappa shape index (κ1) is 14.2. The quantitative estimate of drug-likeness (QED) is 0.801. The van der Waals surface area contributed by atoms with Gasteiger partial charge in [0.05, 0.1) is 12.2 Å². The zero-order valence-corrected chi connectivity index (χ0v) is 13.1. The molecule has 3 rings (SSSR count). The van der Waals surface area contributed by atoms with E-state index in [0.717, 1.165) is 16.5 Å². The highest BCUT2D eigenvalue weighted by molar-refractivity contribution is 7.13. The minimum Gasteiger partial charge on any atom is -0.332 e. The van der Waals surface area contributed by atoms with E-state index in [-0.39, 0.29) is 5.82 Å². The van der Waals surface area contributed by atoms with E-state index in [0.29, 0.717) is 6.54 Å². The number of hydrogen-bond acceptors (Lipinski definition) is 6. The van der Waals surface area contributed by atoms with Gasteiger partial charge in [-0.05, 0) is 37.1 Å². The van der Waals surface area contributed by atoms with Crippen molar-refractivity contribution in [3.8, 4) is 6.07 Å². The second-order valence-corrected chi connectivity index (χ2v) is 5.80. The summed E-state index contributed by atoms with van der Waals surface area (Å²) in [6.45, 7) is 4.68. The molecule has 0 aliphatic carbocycles. The van der Waals surface area contributed by atoms with Crippen LogP contribution >= 0.6 is 11.3 Å². The highest BCUT2D eigenvalue weighted by Crippen LogP contribution is 2.23. The number of aromatic nitrogens is 4. The summed E-state index contributed by atoms with van der Waals surface area (Å²) in [5, 5.41) is 18.8. The molecule has 1 aromatic carbocycles. The molecule has 0 amide bonds. The molecule has 3 aromatic rings. The number of rotatable bonds is 4. The van der Waals surface area contributed by atoms with Crippen LogP contribution < -0.4 is 5.32 Å². The second kappa shape index (κ2) is 5.95. The van der Waals surface area contributed by atoms with Gasteiger partial charge < -0.3 is 5.32 Å². The van der Waals surface area contributed by atoms with Crippen LogP contribution in [0.1, 0.15) is 22.6 Å². The topological polar surface area (TPSA) is 79.4 Å². The molecular formula is C15H14N6S. The van der Waals surface area contributed by atoms with E-state index in [4.69, 9.17) is 5.26 Å². The molecule has 7 heteroatoms. The van der Waals surface area contributed by atoms with Gasteiger partial charge in [0.25, 0.3) is 5.82 Å². The summed E-state index contributed by atoms with van der Waals surface area (Å²) in [7, 11) is 0. The Labute approximate surface area is 132 Å². The molecule has 0 aliphatic rings. The normalized spacial score (nSPS) is 10.4. The van der Waals surface area contributed by atoms with E-state index in [1.807, 2.05) is 17.5 Å². The van der Waals surface area contributed by atoms with Gasteiger partial charge in [-0.25, -0.2) is 14.6 Å². The minimum atomic E-state index is 0.170. The van der Waals surface area contributed by atoms with Crippen molar-refractivity contribution < 1.29 is 0 Å². The molecule has 1 N–H and O–H groups in total. The van der Waals surface area contributed by atoms with Crippen LogP contribution in [0.25, 0.3) is 0 Å². The van der Waals surface area contributed by atoms with E-state index in [2.05, 4.69) is 46.4 Å². The zero-order chi connectivity index (χ0) is 15.5.